The standard InChI is InChI=1S/C12H9ClF3NO3/c1-6(12(14,15)16)20-8-4-3-7(5-17)10(19-2)9(8)11(13)18/h3-4,6H,1-2H3/t6-/m0/s1. The Hall–Kier alpha value is -1.94. The zero-order valence-corrected chi connectivity index (χ0v) is 11.2. The van der Waals surface area contributed by atoms with Gasteiger partial charge in [-0.15, -0.1) is 0 Å². The lowest BCUT2D eigenvalue weighted by Crippen LogP contribution is -2.31. The summed E-state index contributed by atoms with van der Waals surface area (Å²) in [6.45, 7) is 0.785. The van der Waals surface area contributed by atoms with E-state index in [4.69, 9.17) is 26.3 Å². The second-order valence-corrected chi connectivity index (χ2v) is 4.05. The molecular weight excluding hydrogens is 299 g/mol. The van der Waals surface area contributed by atoms with Crippen LogP contribution in [0.2, 0.25) is 0 Å². The molecule has 1 atom stereocenters. The van der Waals surface area contributed by atoms with Crippen LogP contribution >= 0.6 is 11.6 Å². The molecule has 0 radical (unpaired) electrons. The van der Waals surface area contributed by atoms with Crippen molar-refractivity contribution in [1.82, 2.24) is 0 Å². The first kappa shape index (κ1) is 16.1. The van der Waals surface area contributed by atoms with Gasteiger partial charge in [0.05, 0.1) is 12.7 Å². The molecule has 1 aromatic rings. The monoisotopic (exact) mass is 307 g/mol. The number of carbonyl (C=O) groups is 1. The Bertz CT molecular complexity index is 566. The molecule has 0 saturated carbocycles. The first-order valence-corrected chi connectivity index (χ1v) is 5.64. The van der Waals surface area contributed by atoms with Gasteiger partial charge in [-0.3, -0.25) is 4.79 Å². The topological polar surface area (TPSA) is 59.3 Å². The highest BCUT2D eigenvalue weighted by molar-refractivity contribution is 6.68. The van der Waals surface area contributed by atoms with Gasteiger partial charge >= 0.3 is 6.18 Å². The van der Waals surface area contributed by atoms with Crippen molar-refractivity contribution >= 4 is 16.8 Å². The average Bonchev–Trinajstić information content (AvgIpc) is 2.36. The predicted octanol–water partition coefficient (Wildman–Crippen LogP) is 3.28. The molecule has 1 aromatic carbocycles. The number of rotatable bonds is 4. The molecule has 0 fully saturated rings. The fourth-order valence-electron chi connectivity index (χ4n) is 1.41. The molecule has 0 unspecified atom stereocenters. The summed E-state index contributed by atoms with van der Waals surface area (Å²) < 4.78 is 46.9. The van der Waals surface area contributed by atoms with E-state index in [1.54, 1.807) is 6.07 Å². The van der Waals surface area contributed by atoms with Crippen molar-refractivity contribution in [2.24, 2.45) is 0 Å². The van der Waals surface area contributed by atoms with Gasteiger partial charge < -0.3 is 9.47 Å². The largest absolute Gasteiger partial charge is 0.494 e. The first-order valence-electron chi connectivity index (χ1n) is 5.26. The number of halogens is 4. The van der Waals surface area contributed by atoms with E-state index in [2.05, 4.69) is 0 Å². The maximum atomic E-state index is 12.5. The van der Waals surface area contributed by atoms with Gasteiger partial charge in [-0.2, -0.15) is 18.4 Å². The van der Waals surface area contributed by atoms with E-state index in [1.165, 1.54) is 6.07 Å². The highest BCUT2D eigenvalue weighted by Crippen LogP contribution is 2.35. The van der Waals surface area contributed by atoms with E-state index in [9.17, 15) is 18.0 Å². The molecule has 0 spiro atoms. The van der Waals surface area contributed by atoms with Crippen LogP contribution < -0.4 is 9.47 Å². The normalized spacial score (nSPS) is 12.4. The second-order valence-electron chi connectivity index (χ2n) is 3.71. The Kier molecular flexibility index (Phi) is 4.84. The van der Waals surface area contributed by atoms with Crippen LogP contribution in [0.5, 0.6) is 11.5 Å². The second kappa shape index (κ2) is 6.01. The van der Waals surface area contributed by atoms with E-state index in [0.29, 0.717) is 0 Å². The smallest absolute Gasteiger partial charge is 0.425 e. The molecule has 0 aliphatic heterocycles. The number of methoxy groups -OCH3 is 1. The molecule has 0 amide bonds. The fraction of sp³-hybridized carbons (Fsp3) is 0.333. The summed E-state index contributed by atoms with van der Waals surface area (Å²) in [4.78, 5) is 11.4. The Morgan fingerprint density at radius 3 is 2.45 bits per heavy atom. The van der Waals surface area contributed by atoms with Crippen molar-refractivity contribution in [3.8, 4) is 17.6 Å². The lowest BCUT2D eigenvalue weighted by molar-refractivity contribution is -0.189. The van der Waals surface area contributed by atoms with Crippen molar-refractivity contribution in [1.29, 1.82) is 5.26 Å². The molecule has 0 saturated heterocycles. The Morgan fingerprint density at radius 2 is 2.05 bits per heavy atom. The maximum Gasteiger partial charge on any atom is 0.425 e. The van der Waals surface area contributed by atoms with Gasteiger partial charge in [-0.25, -0.2) is 0 Å². The molecule has 0 N–H and O–H groups in total. The molecule has 0 aliphatic carbocycles. The third kappa shape index (κ3) is 3.33. The number of ether oxygens (including phenoxy) is 2. The van der Waals surface area contributed by atoms with Crippen molar-refractivity contribution < 1.29 is 27.4 Å². The zero-order chi connectivity index (χ0) is 15.5. The molecule has 0 bridgehead atoms. The third-order valence-electron chi connectivity index (χ3n) is 2.41. The van der Waals surface area contributed by atoms with E-state index in [0.717, 1.165) is 20.1 Å². The van der Waals surface area contributed by atoms with Crippen LogP contribution in [0.1, 0.15) is 22.8 Å². The number of hydrogen-bond donors (Lipinski definition) is 0. The highest BCUT2D eigenvalue weighted by atomic mass is 35.5. The predicted molar refractivity (Wildman–Crippen MR) is 64.0 cm³/mol. The zero-order valence-electron chi connectivity index (χ0n) is 10.4. The summed E-state index contributed by atoms with van der Waals surface area (Å²) in [5.74, 6) is -0.620. The minimum Gasteiger partial charge on any atom is -0.494 e. The number of nitriles is 1. The summed E-state index contributed by atoms with van der Waals surface area (Å²) in [6, 6.07) is 3.99. The van der Waals surface area contributed by atoms with Gasteiger partial charge in [0.25, 0.3) is 5.24 Å². The molecule has 20 heavy (non-hydrogen) atoms. The van der Waals surface area contributed by atoms with Crippen LogP contribution in [0.15, 0.2) is 12.1 Å². The van der Waals surface area contributed by atoms with Crippen molar-refractivity contribution in [3.05, 3.63) is 23.3 Å². The molecule has 0 heterocycles. The van der Waals surface area contributed by atoms with Gasteiger partial charge in [-0.05, 0) is 30.7 Å². The minimum atomic E-state index is -4.60. The van der Waals surface area contributed by atoms with Crippen LogP contribution in [0.3, 0.4) is 0 Å². The average molecular weight is 308 g/mol. The molecular formula is C12H9ClF3NO3. The van der Waals surface area contributed by atoms with E-state index in [1.807, 2.05) is 0 Å². The van der Waals surface area contributed by atoms with Crippen LogP contribution in [0, 0.1) is 11.3 Å². The Balaban J connectivity index is 3.35. The van der Waals surface area contributed by atoms with Crippen LogP contribution in [-0.2, 0) is 0 Å². The Morgan fingerprint density at radius 1 is 1.45 bits per heavy atom. The summed E-state index contributed by atoms with van der Waals surface area (Å²) in [5, 5.41) is 7.77. The number of carbonyl (C=O) groups excluding carboxylic acids is 1. The summed E-state index contributed by atoms with van der Waals surface area (Å²) in [7, 11) is 1.16. The summed E-state index contributed by atoms with van der Waals surface area (Å²) in [5.41, 5.74) is -0.451. The summed E-state index contributed by atoms with van der Waals surface area (Å²) >= 11 is 5.33. The van der Waals surface area contributed by atoms with Gasteiger partial charge in [0.2, 0.25) is 0 Å². The van der Waals surface area contributed by atoms with Gasteiger partial charge in [0.1, 0.15) is 17.4 Å². The molecule has 8 heteroatoms. The number of hydrogen-bond acceptors (Lipinski definition) is 4. The SMILES string of the molecule is COc1c(C#N)ccc(O[C@@H](C)C(F)(F)F)c1C(=O)Cl. The van der Waals surface area contributed by atoms with Crippen molar-refractivity contribution in [2.75, 3.05) is 7.11 Å². The maximum absolute atomic E-state index is 12.5. The molecule has 0 aliphatic rings. The quantitative estimate of drug-likeness (QED) is 0.801. The van der Waals surface area contributed by atoms with Crippen LogP contribution in [-0.4, -0.2) is 24.6 Å². The molecule has 0 aromatic heterocycles. The Labute approximate surface area is 117 Å². The molecule has 108 valence electrons. The van der Waals surface area contributed by atoms with Gasteiger partial charge in [0.15, 0.2) is 11.9 Å². The lowest BCUT2D eigenvalue weighted by Gasteiger charge is -2.20. The lowest BCUT2D eigenvalue weighted by atomic mass is 10.1. The number of nitrogens with zero attached hydrogens (tertiary/aromatic N) is 1. The third-order valence-corrected chi connectivity index (χ3v) is 2.59. The van der Waals surface area contributed by atoms with Crippen LogP contribution in [0.4, 0.5) is 13.2 Å². The van der Waals surface area contributed by atoms with Crippen molar-refractivity contribution in [2.45, 2.75) is 19.2 Å². The van der Waals surface area contributed by atoms with Gasteiger partial charge in [0, 0.05) is 0 Å². The molecule has 1 rings (SSSR count). The van der Waals surface area contributed by atoms with Crippen LogP contribution in [0.25, 0.3) is 0 Å². The minimum absolute atomic E-state index is 0.0384. The summed E-state index contributed by atoms with van der Waals surface area (Å²) in [6.07, 6.45) is -6.75. The fourth-order valence-corrected chi connectivity index (χ4v) is 1.59. The number of benzene rings is 1. The number of alkyl halides is 3. The van der Waals surface area contributed by atoms with Crippen molar-refractivity contribution in [3.63, 3.8) is 0 Å². The molecule has 4 nitrogen and oxygen atoms in total. The van der Waals surface area contributed by atoms with E-state index in [-0.39, 0.29) is 11.3 Å². The van der Waals surface area contributed by atoms with E-state index < -0.39 is 28.8 Å². The van der Waals surface area contributed by atoms with Gasteiger partial charge in [-0.1, -0.05) is 0 Å². The van der Waals surface area contributed by atoms with E-state index >= 15 is 0 Å². The first-order chi connectivity index (χ1) is 9.22. The highest BCUT2D eigenvalue weighted by Gasteiger charge is 2.39.